The summed E-state index contributed by atoms with van der Waals surface area (Å²) in [5.41, 5.74) is 1.83. The Morgan fingerprint density at radius 3 is 2.81 bits per heavy atom. The standard InChI is InChI=1S/C19H15ClN4OS2/c1-2-9-24-17(13-5-7-14(20)8-6-13)22-23-19(24)27-12-15-11-25-18(21-15)16-4-3-10-26-16/h2-8,10-11H,1,9,12H2. The van der Waals surface area contributed by atoms with Crippen LogP contribution in [0.25, 0.3) is 22.2 Å². The minimum atomic E-state index is 0.618. The van der Waals surface area contributed by atoms with Gasteiger partial charge in [-0.15, -0.1) is 28.1 Å². The second-order valence-corrected chi connectivity index (χ2v) is 7.95. The first kappa shape index (κ1) is 18.0. The molecule has 27 heavy (non-hydrogen) atoms. The molecule has 4 rings (SSSR count). The number of hydrogen-bond donors (Lipinski definition) is 0. The van der Waals surface area contributed by atoms with Crippen LogP contribution in [-0.2, 0) is 12.3 Å². The fraction of sp³-hybridized carbons (Fsp3) is 0.105. The molecule has 0 unspecified atom stereocenters. The maximum atomic E-state index is 5.98. The van der Waals surface area contributed by atoms with Crippen LogP contribution in [0.3, 0.4) is 0 Å². The van der Waals surface area contributed by atoms with Crippen LogP contribution in [-0.4, -0.2) is 19.7 Å². The fourth-order valence-corrected chi connectivity index (χ4v) is 4.13. The third kappa shape index (κ3) is 4.00. The summed E-state index contributed by atoms with van der Waals surface area (Å²) in [6, 6.07) is 11.5. The van der Waals surface area contributed by atoms with Crippen LogP contribution in [0.5, 0.6) is 0 Å². The molecule has 136 valence electrons. The molecule has 0 saturated carbocycles. The summed E-state index contributed by atoms with van der Waals surface area (Å²) in [6.07, 6.45) is 3.52. The maximum absolute atomic E-state index is 5.98. The highest BCUT2D eigenvalue weighted by Crippen LogP contribution is 2.29. The molecule has 0 atom stereocenters. The van der Waals surface area contributed by atoms with Gasteiger partial charge in [0.25, 0.3) is 0 Å². The van der Waals surface area contributed by atoms with E-state index in [0.717, 1.165) is 27.1 Å². The second-order valence-electron chi connectivity index (χ2n) is 5.62. The van der Waals surface area contributed by atoms with E-state index in [-0.39, 0.29) is 0 Å². The molecule has 0 radical (unpaired) electrons. The molecule has 0 spiro atoms. The molecule has 0 aliphatic heterocycles. The summed E-state index contributed by atoms with van der Waals surface area (Å²) < 4.78 is 7.60. The largest absolute Gasteiger partial charge is 0.444 e. The number of thiophene rings is 1. The number of oxazole rings is 1. The van der Waals surface area contributed by atoms with Crippen LogP contribution in [0.15, 0.2) is 70.3 Å². The Labute approximate surface area is 169 Å². The molecule has 3 heterocycles. The Morgan fingerprint density at radius 2 is 2.07 bits per heavy atom. The Bertz CT molecular complexity index is 1040. The SMILES string of the molecule is C=CCn1c(SCc2coc(-c3cccs3)n2)nnc1-c1ccc(Cl)cc1. The lowest BCUT2D eigenvalue weighted by molar-refractivity contribution is 0.575. The van der Waals surface area contributed by atoms with Crippen molar-refractivity contribution in [2.45, 2.75) is 17.5 Å². The monoisotopic (exact) mass is 414 g/mol. The molecule has 0 aliphatic rings. The quantitative estimate of drug-likeness (QED) is 0.283. The number of nitrogens with zero attached hydrogens (tertiary/aromatic N) is 4. The van der Waals surface area contributed by atoms with E-state index >= 15 is 0 Å². The summed E-state index contributed by atoms with van der Waals surface area (Å²) >= 11 is 9.15. The van der Waals surface area contributed by atoms with Crippen LogP contribution in [0.2, 0.25) is 5.02 Å². The Balaban J connectivity index is 1.53. The van der Waals surface area contributed by atoms with Gasteiger partial charge < -0.3 is 4.42 Å². The average molecular weight is 415 g/mol. The van der Waals surface area contributed by atoms with Crippen molar-refractivity contribution in [2.75, 3.05) is 0 Å². The number of halogens is 1. The van der Waals surface area contributed by atoms with E-state index in [2.05, 4.69) is 21.8 Å². The van der Waals surface area contributed by atoms with Gasteiger partial charge in [0.15, 0.2) is 11.0 Å². The first-order valence-electron chi connectivity index (χ1n) is 8.15. The Kier molecular flexibility index (Phi) is 5.42. The molecule has 0 aliphatic carbocycles. The van der Waals surface area contributed by atoms with Crippen LogP contribution >= 0.6 is 34.7 Å². The summed E-state index contributed by atoms with van der Waals surface area (Å²) in [5, 5.41) is 12.2. The zero-order valence-electron chi connectivity index (χ0n) is 14.2. The predicted octanol–water partition coefficient (Wildman–Crippen LogP) is 5.79. The second kappa shape index (κ2) is 8.12. The minimum Gasteiger partial charge on any atom is -0.444 e. The van der Waals surface area contributed by atoms with Crippen molar-refractivity contribution < 1.29 is 4.42 Å². The molecule has 0 amide bonds. The third-order valence-electron chi connectivity index (χ3n) is 3.76. The van der Waals surface area contributed by atoms with Crippen molar-refractivity contribution in [3.63, 3.8) is 0 Å². The van der Waals surface area contributed by atoms with E-state index in [1.54, 1.807) is 29.4 Å². The topological polar surface area (TPSA) is 56.7 Å². The first-order valence-corrected chi connectivity index (χ1v) is 10.4. The molecular weight excluding hydrogens is 400 g/mol. The van der Waals surface area contributed by atoms with Crippen molar-refractivity contribution in [3.05, 3.63) is 71.4 Å². The highest BCUT2D eigenvalue weighted by molar-refractivity contribution is 7.98. The number of hydrogen-bond acceptors (Lipinski definition) is 6. The van der Waals surface area contributed by atoms with Gasteiger partial charge in [-0.1, -0.05) is 35.5 Å². The smallest absolute Gasteiger partial charge is 0.236 e. The van der Waals surface area contributed by atoms with Gasteiger partial charge in [0, 0.05) is 22.9 Å². The number of benzene rings is 1. The molecule has 0 N–H and O–H groups in total. The van der Waals surface area contributed by atoms with Crippen molar-refractivity contribution in [1.82, 2.24) is 19.7 Å². The molecular formula is C19H15ClN4OS2. The molecule has 3 aromatic heterocycles. The van der Waals surface area contributed by atoms with Gasteiger partial charge in [-0.3, -0.25) is 4.57 Å². The van der Waals surface area contributed by atoms with Gasteiger partial charge in [0.1, 0.15) is 6.26 Å². The van der Waals surface area contributed by atoms with Gasteiger partial charge >= 0.3 is 0 Å². The fourth-order valence-electron chi connectivity index (χ4n) is 2.53. The van der Waals surface area contributed by atoms with Crippen molar-refractivity contribution >= 4 is 34.7 Å². The van der Waals surface area contributed by atoms with E-state index in [0.29, 0.717) is 23.2 Å². The summed E-state index contributed by atoms with van der Waals surface area (Å²) in [4.78, 5) is 5.57. The zero-order chi connectivity index (χ0) is 18.6. The average Bonchev–Trinajstić information content (AvgIpc) is 3.42. The summed E-state index contributed by atoms with van der Waals surface area (Å²) in [6.45, 7) is 4.46. The highest BCUT2D eigenvalue weighted by atomic mass is 35.5. The Hall–Kier alpha value is -2.35. The third-order valence-corrected chi connectivity index (χ3v) is 5.87. The van der Waals surface area contributed by atoms with Crippen LogP contribution in [0.4, 0.5) is 0 Å². The van der Waals surface area contributed by atoms with E-state index in [9.17, 15) is 0 Å². The first-order chi connectivity index (χ1) is 13.2. The van der Waals surface area contributed by atoms with Gasteiger partial charge in [-0.25, -0.2) is 4.98 Å². The number of aromatic nitrogens is 4. The van der Waals surface area contributed by atoms with E-state index in [4.69, 9.17) is 16.0 Å². The minimum absolute atomic E-state index is 0.618. The lowest BCUT2D eigenvalue weighted by Crippen LogP contribution is -2.00. The molecule has 0 saturated heterocycles. The maximum Gasteiger partial charge on any atom is 0.236 e. The molecule has 8 heteroatoms. The molecule has 5 nitrogen and oxygen atoms in total. The van der Waals surface area contributed by atoms with Gasteiger partial charge in [-0.2, -0.15) is 0 Å². The van der Waals surface area contributed by atoms with Crippen molar-refractivity contribution in [1.29, 1.82) is 0 Å². The summed E-state index contributed by atoms with van der Waals surface area (Å²) in [7, 11) is 0. The van der Waals surface area contributed by atoms with Gasteiger partial charge in [-0.05, 0) is 35.7 Å². The van der Waals surface area contributed by atoms with Crippen molar-refractivity contribution in [3.8, 4) is 22.2 Å². The highest BCUT2D eigenvalue weighted by Gasteiger charge is 2.15. The number of allylic oxidation sites excluding steroid dienone is 1. The van der Waals surface area contributed by atoms with E-state index < -0.39 is 0 Å². The number of thioether (sulfide) groups is 1. The van der Waals surface area contributed by atoms with Crippen molar-refractivity contribution in [2.24, 2.45) is 0 Å². The van der Waals surface area contributed by atoms with E-state index in [1.165, 1.54) is 0 Å². The Morgan fingerprint density at radius 1 is 1.22 bits per heavy atom. The number of rotatable bonds is 7. The zero-order valence-corrected chi connectivity index (χ0v) is 16.6. The normalized spacial score (nSPS) is 11.0. The van der Waals surface area contributed by atoms with Crippen LogP contribution in [0, 0.1) is 0 Å². The van der Waals surface area contributed by atoms with Crippen LogP contribution in [0.1, 0.15) is 5.69 Å². The molecule has 0 fully saturated rings. The lowest BCUT2D eigenvalue weighted by Gasteiger charge is -2.07. The summed E-state index contributed by atoms with van der Waals surface area (Å²) in [5.74, 6) is 2.08. The molecule has 1 aromatic carbocycles. The van der Waals surface area contributed by atoms with Gasteiger partial charge in [0.2, 0.25) is 5.89 Å². The van der Waals surface area contributed by atoms with E-state index in [1.807, 2.05) is 52.4 Å². The van der Waals surface area contributed by atoms with Gasteiger partial charge in [0.05, 0.1) is 10.6 Å². The predicted molar refractivity (Wildman–Crippen MR) is 110 cm³/mol. The lowest BCUT2D eigenvalue weighted by atomic mass is 10.2. The molecule has 4 aromatic rings. The molecule has 0 bridgehead atoms. The van der Waals surface area contributed by atoms with Crippen LogP contribution < -0.4 is 0 Å².